The van der Waals surface area contributed by atoms with Gasteiger partial charge in [0.05, 0.1) is 28.4 Å². The van der Waals surface area contributed by atoms with Crippen molar-refractivity contribution in [1.29, 1.82) is 0 Å². The van der Waals surface area contributed by atoms with Crippen LogP contribution in [0, 0.1) is 6.92 Å². The van der Waals surface area contributed by atoms with E-state index in [4.69, 9.17) is 17.3 Å². The predicted molar refractivity (Wildman–Crippen MR) is 74.4 cm³/mol. The molecule has 18 heavy (non-hydrogen) atoms. The highest BCUT2D eigenvalue weighted by molar-refractivity contribution is 6.33. The van der Waals surface area contributed by atoms with E-state index in [1.54, 1.807) is 0 Å². The first-order chi connectivity index (χ1) is 8.66. The summed E-state index contributed by atoms with van der Waals surface area (Å²) < 4.78 is 2.16. The van der Waals surface area contributed by atoms with Gasteiger partial charge in [0.25, 0.3) is 0 Å². The zero-order chi connectivity index (χ0) is 12.7. The molecule has 3 nitrogen and oxygen atoms in total. The smallest absolute Gasteiger partial charge is 0.0997 e. The van der Waals surface area contributed by atoms with Crippen molar-refractivity contribution in [3.63, 3.8) is 0 Å². The summed E-state index contributed by atoms with van der Waals surface area (Å²) >= 11 is 6.13. The van der Waals surface area contributed by atoms with Gasteiger partial charge in [-0.15, -0.1) is 0 Å². The van der Waals surface area contributed by atoms with Gasteiger partial charge in [-0.2, -0.15) is 0 Å². The van der Waals surface area contributed by atoms with Crippen LogP contribution in [-0.4, -0.2) is 9.55 Å². The zero-order valence-corrected chi connectivity index (χ0v) is 11.2. The number of nitrogens with two attached hydrogens (primary N) is 1. The number of hydrogen-bond acceptors (Lipinski definition) is 2. The Morgan fingerprint density at radius 2 is 2.06 bits per heavy atom. The van der Waals surface area contributed by atoms with Gasteiger partial charge in [0.15, 0.2) is 0 Å². The average molecular weight is 262 g/mol. The van der Waals surface area contributed by atoms with Gasteiger partial charge in [-0.05, 0) is 50.3 Å². The molecule has 0 atom stereocenters. The molecule has 0 saturated carbocycles. The predicted octanol–water partition coefficient (Wildman–Crippen LogP) is 3.30. The maximum Gasteiger partial charge on any atom is 0.0997 e. The second-order valence-electron chi connectivity index (χ2n) is 4.88. The number of hydrogen-bond donors (Lipinski definition) is 1. The van der Waals surface area contributed by atoms with Crippen molar-refractivity contribution in [2.45, 2.75) is 32.6 Å². The molecule has 4 heteroatoms. The Balaban J connectivity index is 2.15. The number of rotatable bonds is 1. The summed E-state index contributed by atoms with van der Waals surface area (Å²) in [4.78, 5) is 4.51. The number of aromatic nitrogens is 2. The Kier molecular flexibility index (Phi) is 2.78. The Bertz CT molecular complexity index is 601. The SMILES string of the molecule is Cc1cc(N)c(Cl)cc1-n1cnc2c1CCCC2. The molecule has 0 fully saturated rings. The fraction of sp³-hybridized carbons (Fsp3) is 0.357. The molecule has 1 aliphatic rings. The minimum absolute atomic E-state index is 0.605. The maximum absolute atomic E-state index is 6.13. The van der Waals surface area contributed by atoms with E-state index in [2.05, 4.69) is 16.5 Å². The molecule has 0 spiro atoms. The van der Waals surface area contributed by atoms with Crippen LogP contribution in [0.15, 0.2) is 18.5 Å². The first kappa shape index (κ1) is 11.6. The van der Waals surface area contributed by atoms with Crippen molar-refractivity contribution in [3.8, 4) is 5.69 Å². The molecule has 1 aliphatic carbocycles. The number of fused-ring (bicyclic) bond motifs is 1. The third-order valence-electron chi connectivity index (χ3n) is 3.60. The topological polar surface area (TPSA) is 43.8 Å². The Morgan fingerprint density at radius 1 is 1.28 bits per heavy atom. The lowest BCUT2D eigenvalue weighted by Gasteiger charge is -2.16. The van der Waals surface area contributed by atoms with Crippen LogP contribution in [0.5, 0.6) is 0 Å². The first-order valence-corrected chi connectivity index (χ1v) is 6.65. The third-order valence-corrected chi connectivity index (χ3v) is 3.93. The highest BCUT2D eigenvalue weighted by Gasteiger charge is 2.17. The molecule has 0 radical (unpaired) electrons. The summed E-state index contributed by atoms with van der Waals surface area (Å²) in [7, 11) is 0. The van der Waals surface area contributed by atoms with Gasteiger partial charge >= 0.3 is 0 Å². The third kappa shape index (κ3) is 1.79. The van der Waals surface area contributed by atoms with E-state index in [9.17, 15) is 0 Å². The summed E-state index contributed by atoms with van der Waals surface area (Å²) in [6, 6.07) is 3.86. The summed E-state index contributed by atoms with van der Waals surface area (Å²) in [5.74, 6) is 0. The molecular formula is C14H16ClN3. The van der Waals surface area contributed by atoms with E-state index in [0.29, 0.717) is 10.7 Å². The van der Waals surface area contributed by atoms with Gasteiger partial charge in [-0.25, -0.2) is 4.98 Å². The molecular weight excluding hydrogens is 246 g/mol. The highest BCUT2D eigenvalue weighted by atomic mass is 35.5. The van der Waals surface area contributed by atoms with Crippen molar-refractivity contribution in [3.05, 3.63) is 40.4 Å². The number of nitrogens with zero attached hydrogens (tertiary/aromatic N) is 2. The zero-order valence-electron chi connectivity index (χ0n) is 10.4. The summed E-state index contributed by atoms with van der Waals surface area (Å²) in [5, 5.41) is 0.605. The Labute approximate surface area is 112 Å². The molecule has 1 aromatic carbocycles. The Hall–Kier alpha value is -1.48. The second-order valence-corrected chi connectivity index (χ2v) is 5.28. The van der Waals surface area contributed by atoms with E-state index in [-0.39, 0.29) is 0 Å². The lowest BCUT2D eigenvalue weighted by molar-refractivity contribution is 0.655. The molecule has 0 unspecified atom stereocenters. The van der Waals surface area contributed by atoms with Crippen molar-refractivity contribution >= 4 is 17.3 Å². The van der Waals surface area contributed by atoms with Crippen LogP contribution in [0.4, 0.5) is 5.69 Å². The van der Waals surface area contributed by atoms with Gasteiger partial charge in [-0.3, -0.25) is 0 Å². The molecule has 1 heterocycles. The molecule has 0 amide bonds. The fourth-order valence-corrected chi connectivity index (χ4v) is 2.79. The van der Waals surface area contributed by atoms with Crippen molar-refractivity contribution in [1.82, 2.24) is 9.55 Å². The molecule has 0 aliphatic heterocycles. The van der Waals surface area contributed by atoms with E-state index >= 15 is 0 Å². The summed E-state index contributed by atoms with van der Waals surface area (Å²) in [6.07, 6.45) is 6.57. The highest BCUT2D eigenvalue weighted by Crippen LogP contribution is 2.29. The van der Waals surface area contributed by atoms with Crippen LogP contribution in [0.2, 0.25) is 5.02 Å². The normalized spacial score (nSPS) is 14.6. The fourth-order valence-electron chi connectivity index (χ4n) is 2.63. The number of aryl methyl sites for hydroxylation is 2. The van der Waals surface area contributed by atoms with Gasteiger partial charge in [0, 0.05) is 5.69 Å². The number of benzene rings is 1. The maximum atomic E-state index is 6.13. The molecule has 0 saturated heterocycles. The van der Waals surface area contributed by atoms with Crippen LogP contribution in [-0.2, 0) is 12.8 Å². The van der Waals surface area contributed by atoms with E-state index in [1.165, 1.54) is 24.2 Å². The molecule has 94 valence electrons. The van der Waals surface area contributed by atoms with E-state index in [0.717, 1.165) is 24.1 Å². The minimum atomic E-state index is 0.605. The van der Waals surface area contributed by atoms with Gasteiger partial charge in [0.1, 0.15) is 0 Å². The van der Waals surface area contributed by atoms with E-state index in [1.807, 2.05) is 18.5 Å². The lowest BCUT2D eigenvalue weighted by Crippen LogP contribution is -2.08. The van der Waals surface area contributed by atoms with Crippen LogP contribution < -0.4 is 5.73 Å². The number of anilines is 1. The standard InChI is InChI=1S/C14H16ClN3/c1-9-6-11(16)10(15)7-14(9)18-8-17-12-4-2-3-5-13(12)18/h6-8H,2-5,16H2,1H3. The van der Waals surface area contributed by atoms with E-state index < -0.39 is 0 Å². The number of halogens is 1. The van der Waals surface area contributed by atoms with Crippen LogP contribution in [0.25, 0.3) is 5.69 Å². The second kappa shape index (κ2) is 4.32. The first-order valence-electron chi connectivity index (χ1n) is 6.28. The van der Waals surface area contributed by atoms with Crippen LogP contribution in [0.1, 0.15) is 29.8 Å². The largest absolute Gasteiger partial charge is 0.398 e. The minimum Gasteiger partial charge on any atom is -0.398 e. The van der Waals surface area contributed by atoms with Crippen LogP contribution >= 0.6 is 11.6 Å². The number of nitrogen functional groups attached to an aromatic ring is 1. The van der Waals surface area contributed by atoms with Gasteiger partial charge in [0.2, 0.25) is 0 Å². The monoisotopic (exact) mass is 261 g/mol. The molecule has 2 aromatic rings. The summed E-state index contributed by atoms with van der Waals surface area (Å²) in [5.41, 5.74) is 11.2. The van der Waals surface area contributed by atoms with Crippen molar-refractivity contribution in [2.24, 2.45) is 0 Å². The van der Waals surface area contributed by atoms with Crippen molar-refractivity contribution < 1.29 is 0 Å². The van der Waals surface area contributed by atoms with Gasteiger partial charge in [-0.1, -0.05) is 11.6 Å². The molecule has 3 rings (SSSR count). The summed E-state index contributed by atoms with van der Waals surface area (Å²) in [6.45, 7) is 2.05. The quantitative estimate of drug-likeness (QED) is 0.801. The van der Waals surface area contributed by atoms with Gasteiger partial charge < -0.3 is 10.3 Å². The Morgan fingerprint density at radius 3 is 2.89 bits per heavy atom. The molecule has 2 N–H and O–H groups in total. The molecule has 1 aromatic heterocycles. The van der Waals surface area contributed by atoms with Crippen molar-refractivity contribution in [2.75, 3.05) is 5.73 Å². The number of imidazole rings is 1. The molecule has 0 bridgehead atoms. The average Bonchev–Trinajstić information content (AvgIpc) is 2.78. The lowest BCUT2D eigenvalue weighted by atomic mass is 10.0. The van der Waals surface area contributed by atoms with Crippen LogP contribution in [0.3, 0.4) is 0 Å².